The van der Waals surface area contributed by atoms with Crippen LogP contribution in [0.15, 0.2) is 18.2 Å². The van der Waals surface area contributed by atoms with Crippen LogP contribution in [0.3, 0.4) is 0 Å². The Bertz CT molecular complexity index is 519. The number of nitrogens with zero attached hydrogens (tertiary/aromatic N) is 2. The molecule has 1 unspecified atom stereocenters. The molecule has 2 N–H and O–H groups in total. The lowest BCUT2D eigenvalue weighted by Crippen LogP contribution is -2.23. The number of aromatic nitrogens is 2. The fraction of sp³-hybridized carbons (Fsp3) is 0.462. The lowest BCUT2D eigenvalue weighted by Gasteiger charge is -2.10. The van der Waals surface area contributed by atoms with Gasteiger partial charge in [0, 0.05) is 25.1 Å². The molecular weight excluding hydrogens is 217 g/mol. The Morgan fingerprint density at radius 1 is 1.41 bits per heavy atom. The zero-order valence-electron chi connectivity index (χ0n) is 10.3. The van der Waals surface area contributed by atoms with Gasteiger partial charge < -0.3 is 10.3 Å². The molecule has 2 rings (SSSR count). The lowest BCUT2D eigenvalue weighted by atomic mass is 10.1. The van der Waals surface area contributed by atoms with Gasteiger partial charge in [-0.25, -0.2) is 9.37 Å². The second-order valence-corrected chi connectivity index (χ2v) is 4.28. The number of aryl methyl sites for hydroxylation is 1. The number of rotatable bonds is 4. The van der Waals surface area contributed by atoms with Gasteiger partial charge in [-0.3, -0.25) is 0 Å². The average molecular weight is 235 g/mol. The highest BCUT2D eigenvalue weighted by Crippen LogP contribution is 2.18. The van der Waals surface area contributed by atoms with E-state index in [2.05, 4.69) is 23.4 Å². The third kappa shape index (κ3) is 2.31. The SMILES string of the molecule is CCC(N)Cc1nc2cc(F)ccc2n1CC. The van der Waals surface area contributed by atoms with Gasteiger partial charge in [-0.2, -0.15) is 0 Å². The van der Waals surface area contributed by atoms with Crippen molar-refractivity contribution in [3.63, 3.8) is 0 Å². The topological polar surface area (TPSA) is 43.8 Å². The maximum atomic E-state index is 13.1. The Morgan fingerprint density at radius 2 is 2.18 bits per heavy atom. The van der Waals surface area contributed by atoms with Gasteiger partial charge in [0.25, 0.3) is 0 Å². The summed E-state index contributed by atoms with van der Waals surface area (Å²) in [5, 5.41) is 0. The zero-order chi connectivity index (χ0) is 12.4. The van der Waals surface area contributed by atoms with E-state index in [1.807, 2.05) is 0 Å². The Labute approximate surface area is 100 Å². The first-order valence-corrected chi connectivity index (χ1v) is 6.06. The molecule has 1 aromatic carbocycles. The minimum Gasteiger partial charge on any atom is -0.328 e. The predicted molar refractivity (Wildman–Crippen MR) is 67.3 cm³/mol. The quantitative estimate of drug-likeness (QED) is 0.884. The fourth-order valence-electron chi connectivity index (χ4n) is 2.04. The van der Waals surface area contributed by atoms with Gasteiger partial charge in [0.05, 0.1) is 11.0 Å². The molecule has 2 aromatic rings. The largest absolute Gasteiger partial charge is 0.328 e. The summed E-state index contributed by atoms with van der Waals surface area (Å²) >= 11 is 0. The Hall–Kier alpha value is -1.42. The van der Waals surface area contributed by atoms with Crippen molar-refractivity contribution in [3.8, 4) is 0 Å². The molecule has 0 saturated heterocycles. The highest BCUT2D eigenvalue weighted by molar-refractivity contribution is 5.76. The van der Waals surface area contributed by atoms with E-state index in [0.717, 1.165) is 30.7 Å². The maximum absolute atomic E-state index is 13.1. The van der Waals surface area contributed by atoms with Crippen molar-refractivity contribution in [3.05, 3.63) is 29.8 Å². The first kappa shape index (κ1) is 12.0. The normalized spacial score (nSPS) is 13.2. The summed E-state index contributed by atoms with van der Waals surface area (Å²) in [6, 6.07) is 4.84. The number of benzene rings is 1. The van der Waals surface area contributed by atoms with E-state index >= 15 is 0 Å². The fourth-order valence-corrected chi connectivity index (χ4v) is 2.04. The number of imidazole rings is 1. The molecule has 1 aromatic heterocycles. The Morgan fingerprint density at radius 3 is 2.82 bits per heavy atom. The number of hydrogen-bond donors (Lipinski definition) is 1. The standard InChI is InChI=1S/C13H18FN3/c1-3-10(15)8-13-16-11-7-9(14)5-6-12(11)17(13)4-2/h5-7,10H,3-4,8,15H2,1-2H3. The molecule has 4 heteroatoms. The molecule has 0 bridgehead atoms. The Kier molecular flexibility index (Phi) is 3.43. The molecule has 17 heavy (non-hydrogen) atoms. The van der Waals surface area contributed by atoms with Crippen molar-refractivity contribution in [2.24, 2.45) is 5.73 Å². The van der Waals surface area contributed by atoms with E-state index in [9.17, 15) is 4.39 Å². The number of hydrogen-bond acceptors (Lipinski definition) is 2. The van der Waals surface area contributed by atoms with Crippen LogP contribution >= 0.6 is 0 Å². The highest BCUT2D eigenvalue weighted by Gasteiger charge is 2.12. The van der Waals surface area contributed by atoms with Gasteiger partial charge in [-0.1, -0.05) is 6.92 Å². The molecule has 92 valence electrons. The van der Waals surface area contributed by atoms with Crippen molar-refractivity contribution >= 4 is 11.0 Å². The summed E-state index contributed by atoms with van der Waals surface area (Å²) in [4.78, 5) is 4.48. The summed E-state index contributed by atoms with van der Waals surface area (Å²) in [6.07, 6.45) is 1.65. The van der Waals surface area contributed by atoms with Crippen LogP contribution in [-0.2, 0) is 13.0 Å². The highest BCUT2D eigenvalue weighted by atomic mass is 19.1. The average Bonchev–Trinajstić information content (AvgIpc) is 2.64. The summed E-state index contributed by atoms with van der Waals surface area (Å²) in [5.74, 6) is 0.701. The maximum Gasteiger partial charge on any atom is 0.125 e. The van der Waals surface area contributed by atoms with Gasteiger partial charge in [0.1, 0.15) is 11.6 Å². The molecule has 0 aliphatic heterocycles. The molecule has 0 saturated carbocycles. The van der Waals surface area contributed by atoms with Crippen molar-refractivity contribution < 1.29 is 4.39 Å². The zero-order valence-corrected chi connectivity index (χ0v) is 10.3. The van der Waals surface area contributed by atoms with E-state index in [0.29, 0.717) is 5.52 Å². The van der Waals surface area contributed by atoms with Crippen LogP contribution in [0.1, 0.15) is 26.1 Å². The van der Waals surface area contributed by atoms with Gasteiger partial charge in [-0.15, -0.1) is 0 Å². The summed E-state index contributed by atoms with van der Waals surface area (Å²) < 4.78 is 15.2. The van der Waals surface area contributed by atoms with Crippen LogP contribution in [0.25, 0.3) is 11.0 Å². The number of halogens is 1. The van der Waals surface area contributed by atoms with E-state index in [-0.39, 0.29) is 11.9 Å². The van der Waals surface area contributed by atoms with Crippen LogP contribution < -0.4 is 5.73 Å². The number of fused-ring (bicyclic) bond motifs is 1. The minimum absolute atomic E-state index is 0.113. The van der Waals surface area contributed by atoms with Crippen LogP contribution in [0.4, 0.5) is 4.39 Å². The second kappa shape index (κ2) is 4.84. The van der Waals surface area contributed by atoms with Crippen LogP contribution in [0.2, 0.25) is 0 Å². The Balaban J connectivity index is 2.48. The van der Waals surface area contributed by atoms with E-state index in [4.69, 9.17) is 5.73 Å². The van der Waals surface area contributed by atoms with Crippen molar-refractivity contribution in [2.75, 3.05) is 0 Å². The van der Waals surface area contributed by atoms with Gasteiger partial charge >= 0.3 is 0 Å². The first-order chi connectivity index (χ1) is 8.15. The molecule has 1 heterocycles. The van der Waals surface area contributed by atoms with Gasteiger partial charge in [-0.05, 0) is 25.5 Å². The third-order valence-corrected chi connectivity index (χ3v) is 3.07. The summed E-state index contributed by atoms with van der Waals surface area (Å²) in [6.45, 7) is 4.95. The molecule has 3 nitrogen and oxygen atoms in total. The molecule has 0 aliphatic rings. The monoisotopic (exact) mass is 235 g/mol. The predicted octanol–water partition coefficient (Wildman–Crippen LogP) is 2.48. The smallest absolute Gasteiger partial charge is 0.125 e. The summed E-state index contributed by atoms with van der Waals surface area (Å²) in [5.41, 5.74) is 7.64. The third-order valence-electron chi connectivity index (χ3n) is 3.07. The second-order valence-electron chi connectivity index (χ2n) is 4.28. The number of nitrogens with two attached hydrogens (primary N) is 1. The van der Waals surface area contributed by atoms with Crippen LogP contribution in [0.5, 0.6) is 0 Å². The van der Waals surface area contributed by atoms with E-state index in [1.54, 1.807) is 6.07 Å². The molecule has 0 radical (unpaired) electrons. The van der Waals surface area contributed by atoms with Crippen molar-refractivity contribution in [1.29, 1.82) is 0 Å². The van der Waals surface area contributed by atoms with Crippen molar-refractivity contribution in [2.45, 2.75) is 39.3 Å². The van der Waals surface area contributed by atoms with Crippen molar-refractivity contribution in [1.82, 2.24) is 9.55 Å². The minimum atomic E-state index is -0.246. The van der Waals surface area contributed by atoms with Gasteiger partial charge in [0.2, 0.25) is 0 Å². The molecule has 1 atom stereocenters. The van der Waals surface area contributed by atoms with E-state index < -0.39 is 0 Å². The lowest BCUT2D eigenvalue weighted by molar-refractivity contribution is 0.597. The molecule has 0 aliphatic carbocycles. The van der Waals surface area contributed by atoms with E-state index in [1.165, 1.54) is 12.1 Å². The molecule has 0 amide bonds. The van der Waals surface area contributed by atoms with Gasteiger partial charge in [0.15, 0.2) is 0 Å². The van der Waals surface area contributed by atoms with Crippen LogP contribution in [-0.4, -0.2) is 15.6 Å². The first-order valence-electron chi connectivity index (χ1n) is 6.06. The molecule has 0 spiro atoms. The molecular formula is C13H18FN3. The summed E-state index contributed by atoms with van der Waals surface area (Å²) in [7, 11) is 0. The van der Waals surface area contributed by atoms with Crippen LogP contribution in [0, 0.1) is 5.82 Å². The molecule has 0 fully saturated rings.